The van der Waals surface area contributed by atoms with Gasteiger partial charge in [-0.15, -0.1) is 11.8 Å². The summed E-state index contributed by atoms with van der Waals surface area (Å²) in [6.07, 6.45) is 0.873. The second-order valence-corrected chi connectivity index (χ2v) is 7.47. The minimum atomic E-state index is -1.00. The number of carbonyl (C=O) groups excluding carboxylic acids is 1. The van der Waals surface area contributed by atoms with Crippen LogP contribution < -0.4 is 11.4 Å². The number of anilines is 1. The molecule has 156 valence electrons. The number of ether oxygens (including phenoxy) is 2. The molecule has 0 amide bonds. The van der Waals surface area contributed by atoms with Crippen molar-refractivity contribution < 1.29 is 24.3 Å². The Balaban J connectivity index is 1.50. The zero-order chi connectivity index (χ0) is 21.1. The molecule has 2 aromatic heterocycles. The van der Waals surface area contributed by atoms with Gasteiger partial charge in [-0.25, -0.2) is 19.1 Å². The Labute approximate surface area is 166 Å². The monoisotopic (exact) mass is 427 g/mol. The highest BCUT2D eigenvalue weighted by Gasteiger charge is 2.36. The van der Waals surface area contributed by atoms with Crippen molar-refractivity contribution in [2.75, 3.05) is 12.3 Å². The van der Waals surface area contributed by atoms with Crippen molar-refractivity contribution in [2.24, 2.45) is 7.05 Å². The Morgan fingerprint density at radius 1 is 1.48 bits per heavy atom. The maximum absolute atomic E-state index is 11.9. The lowest BCUT2D eigenvalue weighted by Crippen LogP contribution is -2.26. The summed E-state index contributed by atoms with van der Waals surface area (Å²) in [6, 6.07) is 0. The summed E-state index contributed by atoms with van der Waals surface area (Å²) in [5, 5.41) is 20.0. The van der Waals surface area contributed by atoms with E-state index in [0.29, 0.717) is 5.69 Å². The van der Waals surface area contributed by atoms with Gasteiger partial charge >= 0.3 is 17.8 Å². The van der Waals surface area contributed by atoms with Crippen LogP contribution in [-0.2, 0) is 23.1 Å². The van der Waals surface area contributed by atoms with Crippen molar-refractivity contribution in [3.8, 4) is 0 Å². The van der Waals surface area contributed by atoms with E-state index >= 15 is 0 Å². The van der Waals surface area contributed by atoms with Crippen molar-refractivity contribution in [3.05, 3.63) is 38.8 Å². The first-order valence-electron chi connectivity index (χ1n) is 8.25. The number of hydrogen-bond donors (Lipinski definition) is 2. The molecule has 0 aliphatic carbocycles. The van der Waals surface area contributed by atoms with Crippen LogP contribution in [0.4, 0.5) is 16.7 Å². The molecule has 0 aromatic carbocycles. The molecule has 1 fully saturated rings. The average Bonchev–Trinajstić information content (AvgIpc) is 3.20. The van der Waals surface area contributed by atoms with E-state index in [2.05, 4.69) is 15.0 Å². The van der Waals surface area contributed by atoms with E-state index in [1.807, 2.05) is 0 Å². The third kappa shape index (κ3) is 4.62. The Kier molecular flexibility index (Phi) is 5.97. The number of nitrogen functional groups attached to an aromatic ring is 1. The minimum absolute atomic E-state index is 0.142. The van der Waals surface area contributed by atoms with Crippen molar-refractivity contribution in [1.29, 1.82) is 0 Å². The summed E-state index contributed by atoms with van der Waals surface area (Å²) in [5.41, 5.74) is 5.08. The summed E-state index contributed by atoms with van der Waals surface area (Å²) in [4.78, 5) is 44.7. The molecule has 15 heteroatoms. The lowest BCUT2D eigenvalue weighted by molar-refractivity contribution is -0.396. The Morgan fingerprint density at radius 2 is 2.24 bits per heavy atom. The van der Waals surface area contributed by atoms with Crippen LogP contribution in [0.1, 0.15) is 17.5 Å². The van der Waals surface area contributed by atoms with E-state index in [1.165, 1.54) is 40.5 Å². The average molecular weight is 427 g/mol. The Hall–Kier alpha value is -3.20. The smallest absolute Gasteiger partial charge is 0.433 e. The molecule has 3 N–H and O–H groups in total. The van der Waals surface area contributed by atoms with E-state index < -0.39 is 33.5 Å². The highest BCUT2D eigenvalue weighted by atomic mass is 32.2. The Bertz CT molecular complexity index is 977. The zero-order valence-corrected chi connectivity index (χ0v) is 15.9. The Morgan fingerprint density at radius 3 is 2.90 bits per heavy atom. The molecular formula is C14H17N7O7S. The molecule has 1 aliphatic heterocycles. The summed E-state index contributed by atoms with van der Waals surface area (Å²) in [6.45, 7) is -0.422. The predicted octanol–water partition coefficient (Wildman–Crippen LogP) is -0.419. The van der Waals surface area contributed by atoms with Gasteiger partial charge < -0.3 is 30.4 Å². The lowest BCUT2D eigenvalue weighted by atomic mass is 10.2. The molecule has 0 saturated carbocycles. The summed E-state index contributed by atoms with van der Waals surface area (Å²) in [7, 11) is 1.42. The van der Waals surface area contributed by atoms with Crippen LogP contribution in [0.15, 0.2) is 17.3 Å². The number of imidazole rings is 1. The van der Waals surface area contributed by atoms with Gasteiger partial charge in [0.1, 0.15) is 19.1 Å². The first-order valence-corrected chi connectivity index (χ1v) is 9.19. The molecule has 29 heavy (non-hydrogen) atoms. The number of hydrogen-bond acceptors (Lipinski definition) is 12. The highest BCUT2D eigenvalue weighted by Crippen LogP contribution is 2.40. The van der Waals surface area contributed by atoms with Crippen LogP contribution in [0, 0.1) is 10.1 Å². The molecule has 2 aromatic rings. The number of aliphatic hydroxyl groups is 1. The number of nitrogens with zero attached hydrogens (tertiary/aromatic N) is 6. The van der Waals surface area contributed by atoms with Gasteiger partial charge in [0.25, 0.3) is 0 Å². The first-order chi connectivity index (χ1) is 13.8. The molecule has 0 bridgehead atoms. The molecule has 3 rings (SSSR count). The number of nitro groups is 1. The van der Waals surface area contributed by atoms with Crippen LogP contribution in [0.5, 0.6) is 0 Å². The number of thioether (sulfide) groups is 1. The standard InChI is InChI=1S/C14H17N7O7S/c1-19-7(3-16-12(19)21(25)26)4-27-14(24)28-5-9-8(22)2-10(29-9)20-6-17-11(15)18-13(20)23/h3,6,8-10,22H,2,4-5H2,1H3,(H2,15,18,23)/t8-,9-,10-/m1/s1. The highest BCUT2D eigenvalue weighted by molar-refractivity contribution is 8.00. The molecule has 14 nitrogen and oxygen atoms in total. The zero-order valence-electron chi connectivity index (χ0n) is 15.1. The normalized spacial score (nSPS) is 21.1. The maximum atomic E-state index is 11.9. The van der Waals surface area contributed by atoms with Gasteiger partial charge in [0.05, 0.1) is 23.8 Å². The lowest BCUT2D eigenvalue weighted by Gasteiger charge is -2.14. The molecule has 0 unspecified atom stereocenters. The van der Waals surface area contributed by atoms with Gasteiger partial charge in [-0.1, -0.05) is 4.98 Å². The van der Waals surface area contributed by atoms with E-state index in [9.17, 15) is 24.8 Å². The number of carbonyl (C=O) groups is 1. The second-order valence-electron chi connectivity index (χ2n) is 6.05. The van der Waals surface area contributed by atoms with Crippen LogP contribution in [0.2, 0.25) is 0 Å². The third-order valence-electron chi connectivity index (χ3n) is 4.19. The molecular weight excluding hydrogens is 410 g/mol. The quantitative estimate of drug-likeness (QED) is 0.344. The van der Waals surface area contributed by atoms with Crippen molar-refractivity contribution in [2.45, 2.75) is 29.8 Å². The third-order valence-corrected chi connectivity index (χ3v) is 5.72. The predicted molar refractivity (Wildman–Crippen MR) is 97.7 cm³/mol. The van der Waals surface area contributed by atoms with E-state index in [4.69, 9.17) is 15.2 Å². The molecule has 3 atom stereocenters. The van der Waals surface area contributed by atoms with Crippen molar-refractivity contribution >= 4 is 29.8 Å². The minimum Gasteiger partial charge on any atom is -0.433 e. The molecule has 1 aliphatic rings. The molecule has 0 spiro atoms. The first kappa shape index (κ1) is 20.5. The molecule has 0 radical (unpaired) electrons. The van der Waals surface area contributed by atoms with Crippen LogP contribution in [-0.4, -0.2) is 58.2 Å². The number of aromatic nitrogens is 5. The SMILES string of the molecule is Cn1c(COC(=O)OC[C@H]2S[C@@H](n3cnc(N)nc3=O)C[C@H]2O)cnc1[N+](=O)[O-]. The van der Waals surface area contributed by atoms with Gasteiger partial charge in [0, 0.05) is 6.42 Å². The van der Waals surface area contributed by atoms with Gasteiger partial charge in [-0.05, 0) is 4.92 Å². The fraction of sp³-hybridized carbons (Fsp3) is 0.500. The van der Waals surface area contributed by atoms with Gasteiger partial charge in [0.2, 0.25) is 5.95 Å². The van der Waals surface area contributed by atoms with E-state index in [0.717, 1.165) is 0 Å². The largest absolute Gasteiger partial charge is 0.508 e. The van der Waals surface area contributed by atoms with Gasteiger partial charge in [-0.3, -0.25) is 4.57 Å². The summed E-state index contributed by atoms with van der Waals surface area (Å²) < 4.78 is 12.3. The van der Waals surface area contributed by atoms with Crippen LogP contribution in [0.25, 0.3) is 0 Å². The fourth-order valence-electron chi connectivity index (χ4n) is 2.65. The number of rotatable bonds is 6. The van der Waals surface area contributed by atoms with E-state index in [1.54, 1.807) is 0 Å². The molecule has 3 heterocycles. The maximum Gasteiger partial charge on any atom is 0.508 e. The van der Waals surface area contributed by atoms with Crippen molar-refractivity contribution in [3.63, 3.8) is 0 Å². The second kappa shape index (κ2) is 8.44. The fourth-order valence-corrected chi connectivity index (χ4v) is 4.08. The topological polar surface area (TPSA) is 191 Å². The van der Waals surface area contributed by atoms with E-state index in [-0.39, 0.29) is 31.5 Å². The van der Waals surface area contributed by atoms with Gasteiger partial charge in [-0.2, -0.15) is 4.98 Å². The number of nitrogens with two attached hydrogens (primary N) is 1. The van der Waals surface area contributed by atoms with Crippen LogP contribution in [0.3, 0.4) is 0 Å². The molecule has 1 saturated heterocycles. The van der Waals surface area contributed by atoms with Crippen molar-refractivity contribution in [1.82, 2.24) is 24.1 Å². The summed E-state index contributed by atoms with van der Waals surface area (Å²) in [5.74, 6) is -0.522. The van der Waals surface area contributed by atoms with Gasteiger partial charge in [0.15, 0.2) is 12.3 Å². The van der Waals surface area contributed by atoms with Crippen LogP contribution >= 0.6 is 11.8 Å². The number of aliphatic hydroxyl groups excluding tert-OH is 1. The summed E-state index contributed by atoms with van der Waals surface area (Å²) >= 11 is 1.23.